The Morgan fingerprint density at radius 3 is 2.35 bits per heavy atom. The van der Waals surface area contributed by atoms with Gasteiger partial charge >= 0.3 is 6.18 Å². The summed E-state index contributed by atoms with van der Waals surface area (Å²) < 4.78 is 36.7. The number of alkyl halides is 3. The van der Waals surface area contributed by atoms with Gasteiger partial charge < -0.3 is 5.32 Å². The number of hydrogen-bond donors (Lipinski definition) is 1. The molecule has 0 saturated carbocycles. The van der Waals surface area contributed by atoms with Gasteiger partial charge in [-0.3, -0.25) is 0 Å². The Kier molecular flexibility index (Phi) is 4.72. The molecule has 1 atom stereocenters. The minimum Gasteiger partial charge on any atom is -0.366 e. The molecular formula is C11H16F3N3. The third-order valence-electron chi connectivity index (χ3n) is 2.44. The standard InChI is InChI=1S/C11H16F3N3/c1-3-5-8(4-2)15-10-7-6-9(16-17-10)11(12,13)14/h6-8H,3-5H2,1-2H3,(H,15,17). The fourth-order valence-corrected chi connectivity index (χ4v) is 1.50. The summed E-state index contributed by atoms with van der Waals surface area (Å²) in [7, 11) is 0. The molecule has 3 nitrogen and oxygen atoms in total. The number of anilines is 1. The highest BCUT2D eigenvalue weighted by molar-refractivity contribution is 5.34. The molecule has 0 aliphatic heterocycles. The van der Waals surface area contributed by atoms with Gasteiger partial charge in [-0.1, -0.05) is 20.3 Å². The van der Waals surface area contributed by atoms with Crippen LogP contribution in [0.3, 0.4) is 0 Å². The zero-order chi connectivity index (χ0) is 12.9. The molecule has 0 fully saturated rings. The van der Waals surface area contributed by atoms with E-state index in [0.29, 0.717) is 5.82 Å². The van der Waals surface area contributed by atoms with Crippen LogP contribution in [0.2, 0.25) is 0 Å². The maximum atomic E-state index is 12.2. The average molecular weight is 247 g/mol. The maximum Gasteiger partial charge on any atom is 0.435 e. The van der Waals surface area contributed by atoms with Gasteiger partial charge in [0.1, 0.15) is 5.82 Å². The van der Waals surface area contributed by atoms with Crippen LogP contribution in [-0.4, -0.2) is 16.2 Å². The summed E-state index contributed by atoms with van der Waals surface area (Å²) in [5, 5.41) is 9.76. The van der Waals surface area contributed by atoms with Gasteiger partial charge in [0, 0.05) is 6.04 Å². The fourth-order valence-electron chi connectivity index (χ4n) is 1.50. The van der Waals surface area contributed by atoms with Crippen LogP contribution < -0.4 is 5.32 Å². The molecule has 0 aliphatic carbocycles. The second-order valence-electron chi connectivity index (χ2n) is 3.84. The Morgan fingerprint density at radius 1 is 1.24 bits per heavy atom. The quantitative estimate of drug-likeness (QED) is 0.865. The van der Waals surface area contributed by atoms with E-state index in [1.807, 2.05) is 6.92 Å². The van der Waals surface area contributed by atoms with E-state index < -0.39 is 11.9 Å². The average Bonchev–Trinajstić information content (AvgIpc) is 2.28. The number of rotatable bonds is 5. The second-order valence-corrected chi connectivity index (χ2v) is 3.84. The van der Waals surface area contributed by atoms with Crippen molar-refractivity contribution in [1.29, 1.82) is 0 Å². The van der Waals surface area contributed by atoms with Crippen molar-refractivity contribution in [3.63, 3.8) is 0 Å². The number of halogens is 3. The lowest BCUT2D eigenvalue weighted by molar-refractivity contribution is -0.141. The minimum absolute atomic E-state index is 0.228. The molecule has 1 aromatic rings. The molecule has 1 unspecified atom stereocenters. The highest BCUT2D eigenvalue weighted by Gasteiger charge is 2.32. The van der Waals surface area contributed by atoms with Crippen molar-refractivity contribution in [3.05, 3.63) is 17.8 Å². The molecule has 0 amide bonds. The van der Waals surface area contributed by atoms with Gasteiger partial charge in [-0.25, -0.2) is 0 Å². The van der Waals surface area contributed by atoms with E-state index in [1.54, 1.807) is 0 Å². The molecule has 0 radical (unpaired) electrons. The van der Waals surface area contributed by atoms with Crippen molar-refractivity contribution in [2.24, 2.45) is 0 Å². The lowest BCUT2D eigenvalue weighted by atomic mass is 10.1. The first-order valence-electron chi connectivity index (χ1n) is 5.64. The van der Waals surface area contributed by atoms with E-state index in [1.165, 1.54) is 6.07 Å². The molecule has 17 heavy (non-hydrogen) atoms. The highest BCUT2D eigenvalue weighted by Crippen LogP contribution is 2.27. The minimum atomic E-state index is -4.43. The van der Waals surface area contributed by atoms with Crippen molar-refractivity contribution in [1.82, 2.24) is 10.2 Å². The van der Waals surface area contributed by atoms with Gasteiger partial charge in [0.05, 0.1) is 0 Å². The van der Waals surface area contributed by atoms with Crippen LogP contribution in [0.15, 0.2) is 12.1 Å². The summed E-state index contributed by atoms with van der Waals surface area (Å²) in [6.07, 6.45) is -1.56. The van der Waals surface area contributed by atoms with E-state index in [0.717, 1.165) is 25.3 Å². The molecule has 0 saturated heterocycles. The number of nitrogens with zero attached hydrogens (tertiary/aromatic N) is 2. The van der Waals surface area contributed by atoms with Crippen LogP contribution >= 0.6 is 0 Å². The smallest absolute Gasteiger partial charge is 0.366 e. The van der Waals surface area contributed by atoms with Crippen LogP contribution in [0, 0.1) is 0 Å². The van der Waals surface area contributed by atoms with Gasteiger partial charge in [0.25, 0.3) is 0 Å². The third kappa shape index (κ3) is 4.20. The van der Waals surface area contributed by atoms with Crippen molar-refractivity contribution in [2.75, 3.05) is 5.32 Å². The van der Waals surface area contributed by atoms with Crippen molar-refractivity contribution in [3.8, 4) is 0 Å². The van der Waals surface area contributed by atoms with Gasteiger partial charge in [-0.05, 0) is 25.0 Å². The molecule has 1 N–H and O–H groups in total. The van der Waals surface area contributed by atoms with Gasteiger partial charge in [-0.15, -0.1) is 10.2 Å². The molecule has 0 aliphatic rings. The SMILES string of the molecule is CCCC(CC)Nc1ccc(C(F)(F)F)nn1. The van der Waals surface area contributed by atoms with E-state index in [-0.39, 0.29) is 6.04 Å². The zero-order valence-electron chi connectivity index (χ0n) is 9.88. The Morgan fingerprint density at radius 2 is 1.94 bits per heavy atom. The lowest BCUT2D eigenvalue weighted by Gasteiger charge is -2.16. The monoisotopic (exact) mass is 247 g/mol. The summed E-state index contributed by atoms with van der Waals surface area (Å²) in [6.45, 7) is 4.08. The summed E-state index contributed by atoms with van der Waals surface area (Å²) in [5.41, 5.74) is -0.966. The molecule has 1 aromatic heterocycles. The van der Waals surface area contributed by atoms with Crippen LogP contribution in [0.4, 0.5) is 19.0 Å². The van der Waals surface area contributed by atoms with E-state index >= 15 is 0 Å². The summed E-state index contributed by atoms with van der Waals surface area (Å²) in [4.78, 5) is 0. The molecule has 0 bridgehead atoms. The predicted molar refractivity (Wildman–Crippen MR) is 59.6 cm³/mol. The van der Waals surface area contributed by atoms with Crippen LogP contribution in [0.25, 0.3) is 0 Å². The summed E-state index contributed by atoms with van der Waals surface area (Å²) in [6, 6.07) is 2.48. The summed E-state index contributed by atoms with van der Waals surface area (Å²) in [5.74, 6) is 0.387. The van der Waals surface area contributed by atoms with E-state index in [4.69, 9.17) is 0 Å². The molecule has 1 rings (SSSR count). The Balaban J connectivity index is 2.68. The van der Waals surface area contributed by atoms with Gasteiger partial charge in [0.15, 0.2) is 5.69 Å². The largest absolute Gasteiger partial charge is 0.435 e. The molecular weight excluding hydrogens is 231 g/mol. The summed E-state index contributed by atoms with van der Waals surface area (Å²) >= 11 is 0. The van der Waals surface area contributed by atoms with Gasteiger partial charge in [0.2, 0.25) is 0 Å². The van der Waals surface area contributed by atoms with Crippen molar-refractivity contribution < 1.29 is 13.2 Å². The molecule has 0 spiro atoms. The van der Waals surface area contributed by atoms with Crippen molar-refractivity contribution >= 4 is 5.82 Å². The fraction of sp³-hybridized carbons (Fsp3) is 0.636. The maximum absolute atomic E-state index is 12.2. The van der Waals surface area contributed by atoms with Crippen molar-refractivity contribution in [2.45, 2.75) is 45.3 Å². The molecule has 0 aromatic carbocycles. The van der Waals surface area contributed by atoms with Crippen LogP contribution in [0.1, 0.15) is 38.8 Å². The molecule has 6 heteroatoms. The van der Waals surface area contributed by atoms with Crippen LogP contribution in [0.5, 0.6) is 0 Å². The van der Waals surface area contributed by atoms with Gasteiger partial charge in [-0.2, -0.15) is 13.2 Å². The number of nitrogens with one attached hydrogen (secondary N) is 1. The first kappa shape index (κ1) is 13.7. The van der Waals surface area contributed by atoms with Crippen LogP contribution in [-0.2, 0) is 6.18 Å². The zero-order valence-corrected chi connectivity index (χ0v) is 9.88. The molecule has 1 heterocycles. The number of hydrogen-bond acceptors (Lipinski definition) is 3. The van der Waals surface area contributed by atoms with E-state index in [2.05, 4.69) is 22.4 Å². The lowest BCUT2D eigenvalue weighted by Crippen LogP contribution is -2.19. The highest BCUT2D eigenvalue weighted by atomic mass is 19.4. The normalized spacial score (nSPS) is 13.5. The third-order valence-corrected chi connectivity index (χ3v) is 2.44. The topological polar surface area (TPSA) is 37.8 Å². The Labute approximate surface area is 98.4 Å². The second kappa shape index (κ2) is 5.84. The van der Waals surface area contributed by atoms with E-state index in [9.17, 15) is 13.2 Å². The predicted octanol–water partition coefficient (Wildman–Crippen LogP) is 3.49. The number of aromatic nitrogens is 2. The Hall–Kier alpha value is -1.33. The first-order chi connectivity index (χ1) is 7.97. The molecule has 96 valence electrons. The Bertz CT molecular complexity index is 335. The first-order valence-corrected chi connectivity index (χ1v) is 5.64.